The van der Waals surface area contributed by atoms with Crippen molar-refractivity contribution in [3.05, 3.63) is 47.7 Å². The molecule has 0 bridgehead atoms. The predicted octanol–water partition coefficient (Wildman–Crippen LogP) is 2.39. The van der Waals surface area contributed by atoms with Gasteiger partial charge in [-0.25, -0.2) is 9.67 Å². The summed E-state index contributed by atoms with van der Waals surface area (Å²) in [7, 11) is 5.31. The Hall–Kier alpha value is -2.96. The van der Waals surface area contributed by atoms with Crippen molar-refractivity contribution in [3.8, 4) is 5.75 Å². The molecule has 4 rings (SSSR count). The van der Waals surface area contributed by atoms with Crippen molar-refractivity contribution in [1.29, 1.82) is 0 Å². The van der Waals surface area contributed by atoms with Crippen LogP contribution < -0.4 is 4.74 Å². The molecule has 0 N–H and O–H groups in total. The van der Waals surface area contributed by atoms with Gasteiger partial charge in [0.2, 0.25) is 0 Å². The van der Waals surface area contributed by atoms with Crippen molar-refractivity contribution in [2.75, 3.05) is 14.2 Å². The Balaban J connectivity index is 1.48. The fraction of sp³-hybridized carbons (Fsp3) is 0.368. The van der Waals surface area contributed by atoms with Crippen molar-refractivity contribution in [3.63, 3.8) is 0 Å². The van der Waals surface area contributed by atoms with Gasteiger partial charge in [-0.1, -0.05) is 17.3 Å². The van der Waals surface area contributed by atoms with E-state index in [9.17, 15) is 4.79 Å². The Morgan fingerprint density at radius 2 is 2.12 bits per heavy atom. The summed E-state index contributed by atoms with van der Waals surface area (Å²) in [5.41, 5.74) is 2.99. The molecule has 0 aliphatic heterocycles. The third kappa shape index (κ3) is 2.69. The summed E-state index contributed by atoms with van der Waals surface area (Å²) in [6, 6.07) is 10.1. The number of amides is 1. The molecule has 26 heavy (non-hydrogen) atoms. The lowest BCUT2D eigenvalue weighted by atomic mass is 9.75. The number of aryl methyl sites for hydroxylation is 1. The van der Waals surface area contributed by atoms with Gasteiger partial charge in [-0.3, -0.25) is 4.79 Å². The minimum atomic E-state index is -0.0352. The molecule has 0 spiro atoms. The lowest BCUT2D eigenvalue weighted by Gasteiger charge is -2.41. The molecular weight excluding hydrogens is 330 g/mol. The Bertz CT molecular complexity index is 961. The standard InChI is InChI=1S/C19H21N5O2/c1-23(14-9-13(10-14)12-5-4-6-15(11-12)26-3)19(25)16-7-8-20-18-17(16)21-22-24(18)2/h4-8,11,13-14H,9-10H2,1-3H3. The molecule has 134 valence electrons. The van der Waals surface area contributed by atoms with Crippen LogP contribution in [0.4, 0.5) is 0 Å². The zero-order valence-electron chi connectivity index (χ0n) is 15.1. The van der Waals surface area contributed by atoms with E-state index >= 15 is 0 Å². The Morgan fingerprint density at radius 1 is 1.31 bits per heavy atom. The number of aromatic nitrogens is 4. The Labute approximate surface area is 151 Å². The molecule has 1 saturated carbocycles. The first-order valence-corrected chi connectivity index (χ1v) is 8.64. The minimum Gasteiger partial charge on any atom is -0.497 e. The smallest absolute Gasteiger partial charge is 0.256 e. The Kier molecular flexibility index (Phi) is 4.06. The molecule has 1 amide bonds. The molecule has 7 heteroatoms. The van der Waals surface area contributed by atoms with Crippen LogP contribution in [0.5, 0.6) is 5.75 Å². The molecule has 2 aromatic heterocycles. The van der Waals surface area contributed by atoms with Crippen LogP contribution in [0.2, 0.25) is 0 Å². The van der Waals surface area contributed by atoms with Gasteiger partial charge in [0, 0.05) is 26.3 Å². The van der Waals surface area contributed by atoms with E-state index < -0.39 is 0 Å². The highest BCUT2D eigenvalue weighted by Crippen LogP contribution is 2.40. The van der Waals surface area contributed by atoms with Crippen LogP contribution in [0.3, 0.4) is 0 Å². The monoisotopic (exact) mass is 351 g/mol. The first kappa shape index (κ1) is 16.5. The zero-order valence-corrected chi connectivity index (χ0v) is 15.1. The van der Waals surface area contributed by atoms with Gasteiger partial charge in [0.25, 0.3) is 5.91 Å². The number of nitrogens with zero attached hydrogens (tertiary/aromatic N) is 5. The van der Waals surface area contributed by atoms with E-state index in [1.165, 1.54) is 5.56 Å². The van der Waals surface area contributed by atoms with Gasteiger partial charge in [-0.05, 0) is 42.5 Å². The number of rotatable bonds is 4. The topological polar surface area (TPSA) is 73.1 Å². The highest BCUT2D eigenvalue weighted by atomic mass is 16.5. The summed E-state index contributed by atoms with van der Waals surface area (Å²) in [6.45, 7) is 0. The van der Waals surface area contributed by atoms with Crippen LogP contribution in [0.25, 0.3) is 11.2 Å². The van der Waals surface area contributed by atoms with E-state index in [1.54, 1.807) is 31.1 Å². The van der Waals surface area contributed by atoms with Crippen LogP contribution in [0.1, 0.15) is 34.7 Å². The fourth-order valence-corrected chi connectivity index (χ4v) is 3.53. The molecule has 0 saturated heterocycles. The molecule has 1 aliphatic rings. The first-order valence-electron chi connectivity index (χ1n) is 8.64. The third-order valence-corrected chi connectivity index (χ3v) is 5.27. The third-order valence-electron chi connectivity index (χ3n) is 5.27. The second kappa shape index (κ2) is 6.40. The summed E-state index contributed by atoms with van der Waals surface area (Å²) in [6.07, 6.45) is 3.53. The molecular formula is C19H21N5O2. The second-order valence-electron chi connectivity index (χ2n) is 6.76. The fourth-order valence-electron chi connectivity index (χ4n) is 3.53. The van der Waals surface area contributed by atoms with Crippen LogP contribution in [-0.4, -0.2) is 51.0 Å². The summed E-state index contributed by atoms with van der Waals surface area (Å²) < 4.78 is 6.88. The van der Waals surface area contributed by atoms with E-state index in [0.29, 0.717) is 22.6 Å². The zero-order chi connectivity index (χ0) is 18.3. The predicted molar refractivity (Wildman–Crippen MR) is 97.2 cm³/mol. The number of fused-ring (bicyclic) bond motifs is 1. The summed E-state index contributed by atoms with van der Waals surface area (Å²) >= 11 is 0. The Morgan fingerprint density at radius 3 is 2.88 bits per heavy atom. The summed E-state index contributed by atoms with van der Waals surface area (Å²) in [5.74, 6) is 1.29. The molecule has 1 aromatic carbocycles. The van der Waals surface area contributed by atoms with Crippen LogP contribution in [-0.2, 0) is 7.05 Å². The van der Waals surface area contributed by atoms with Crippen molar-refractivity contribution >= 4 is 17.1 Å². The highest BCUT2D eigenvalue weighted by Gasteiger charge is 2.36. The first-order chi connectivity index (χ1) is 12.6. The van der Waals surface area contributed by atoms with Gasteiger partial charge in [-0.15, -0.1) is 5.10 Å². The molecule has 2 heterocycles. The van der Waals surface area contributed by atoms with Gasteiger partial charge >= 0.3 is 0 Å². The number of hydrogen-bond donors (Lipinski definition) is 0. The lowest BCUT2D eigenvalue weighted by molar-refractivity contribution is 0.0622. The SMILES string of the molecule is COc1cccc(C2CC(N(C)C(=O)c3ccnc4c3nnn4C)C2)c1. The highest BCUT2D eigenvalue weighted by molar-refractivity contribution is 6.03. The largest absolute Gasteiger partial charge is 0.497 e. The van der Waals surface area contributed by atoms with Crippen LogP contribution in [0, 0.1) is 0 Å². The van der Waals surface area contributed by atoms with Gasteiger partial charge < -0.3 is 9.64 Å². The van der Waals surface area contributed by atoms with Gasteiger partial charge in [0.05, 0.1) is 12.7 Å². The van der Waals surface area contributed by atoms with E-state index in [0.717, 1.165) is 18.6 Å². The van der Waals surface area contributed by atoms with Crippen molar-refractivity contribution in [2.45, 2.75) is 24.8 Å². The van der Waals surface area contributed by atoms with Crippen LogP contribution in [0.15, 0.2) is 36.5 Å². The van der Waals surface area contributed by atoms with E-state index in [2.05, 4.69) is 27.4 Å². The number of pyridine rings is 1. The van der Waals surface area contributed by atoms with E-state index in [-0.39, 0.29) is 11.9 Å². The van der Waals surface area contributed by atoms with Gasteiger partial charge in [-0.2, -0.15) is 0 Å². The maximum atomic E-state index is 12.9. The summed E-state index contributed by atoms with van der Waals surface area (Å²) in [4.78, 5) is 19.0. The van der Waals surface area contributed by atoms with Crippen LogP contribution >= 0.6 is 0 Å². The average molecular weight is 351 g/mol. The van der Waals surface area contributed by atoms with Crippen molar-refractivity contribution in [1.82, 2.24) is 24.9 Å². The van der Waals surface area contributed by atoms with E-state index in [1.807, 2.05) is 24.1 Å². The number of carbonyl (C=O) groups excluding carboxylic acids is 1. The normalized spacial score (nSPS) is 19.2. The number of ether oxygens (including phenoxy) is 1. The van der Waals surface area contributed by atoms with Gasteiger partial charge in [0.1, 0.15) is 11.3 Å². The van der Waals surface area contributed by atoms with E-state index in [4.69, 9.17) is 4.74 Å². The molecule has 0 radical (unpaired) electrons. The molecule has 0 unspecified atom stereocenters. The number of carbonyl (C=O) groups is 1. The molecule has 3 aromatic rings. The van der Waals surface area contributed by atoms with Crippen molar-refractivity contribution < 1.29 is 9.53 Å². The maximum Gasteiger partial charge on any atom is 0.256 e. The molecule has 7 nitrogen and oxygen atoms in total. The molecule has 0 atom stereocenters. The lowest BCUT2D eigenvalue weighted by Crippen LogP contribution is -2.44. The minimum absolute atomic E-state index is 0.0352. The molecule has 1 fully saturated rings. The second-order valence-corrected chi connectivity index (χ2v) is 6.76. The quantitative estimate of drug-likeness (QED) is 0.722. The summed E-state index contributed by atoms with van der Waals surface area (Å²) in [5, 5.41) is 8.06. The number of methoxy groups -OCH3 is 1. The maximum absolute atomic E-state index is 12.9. The number of benzene rings is 1. The average Bonchev–Trinajstić information content (AvgIpc) is 3.01. The molecule has 1 aliphatic carbocycles. The van der Waals surface area contributed by atoms with Gasteiger partial charge in [0.15, 0.2) is 5.65 Å². The van der Waals surface area contributed by atoms with Crippen molar-refractivity contribution in [2.24, 2.45) is 7.05 Å². The number of hydrogen-bond acceptors (Lipinski definition) is 5.